The van der Waals surface area contributed by atoms with Gasteiger partial charge in [-0.25, -0.2) is 4.72 Å². The maximum absolute atomic E-state index is 12.2. The van der Waals surface area contributed by atoms with Crippen LogP contribution in [0.4, 0.5) is 0 Å². The summed E-state index contributed by atoms with van der Waals surface area (Å²) in [5.74, 6) is -0.842. The molecule has 0 spiro atoms. The SMILES string of the molecule is CN(C(C)(Br)C=O)S(=O)(=O)NC(=O)c1coc2ccccc12. The Hall–Kier alpha value is -1.71. The first kappa shape index (κ1) is 16.7. The third-order valence-electron chi connectivity index (χ3n) is 3.14. The molecule has 22 heavy (non-hydrogen) atoms. The monoisotopic (exact) mass is 388 g/mol. The van der Waals surface area contributed by atoms with Gasteiger partial charge in [-0.1, -0.05) is 34.1 Å². The van der Waals surface area contributed by atoms with E-state index in [0.717, 1.165) is 0 Å². The van der Waals surface area contributed by atoms with Crippen LogP contribution in [0.3, 0.4) is 0 Å². The van der Waals surface area contributed by atoms with Gasteiger partial charge < -0.3 is 9.21 Å². The maximum Gasteiger partial charge on any atom is 0.305 e. The minimum absolute atomic E-state index is 0.0925. The Kier molecular flexibility index (Phi) is 4.41. The van der Waals surface area contributed by atoms with Crippen LogP contribution in [0.2, 0.25) is 0 Å². The number of aldehydes is 1. The fraction of sp³-hybridized carbons (Fsp3) is 0.231. The number of rotatable bonds is 5. The second-order valence-corrected chi connectivity index (χ2v) is 8.00. The molecule has 1 aromatic carbocycles. The van der Waals surface area contributed by atoms with Crippen LogP contribution in [-0.2, 0) is 15.0 Å². The summed E-state index contributed by atoms with van der Waals surface area (Å²) in [7, 11) is -3.04. The number of nitrogens with one attached hydrogen (secondary N) is 1. The number of carbonyl (C=O) groups is 2. The van der Waals surface area contributed by atoms with Crippen LogP contribution in [0.15, 0.2) is 34.9 Å². The van der Waals surface area contributed by atoms with E-state index in [2.05, 4.69) is 15.9 Å². The van der Waals surface area contributed by atoms with Crippen molar-refractivity contribution in [2.75, 3.05) is 7.05 Å². The molecule has 118 valence electrons. The zero-order chi connectivity index (χ0) is 16.5. The normalized spacial score (nSPS) is 14.7. The summed E-state index contributed by atoms with van der Waals surface area (Å²) in [6.07, 6.45) is 1.59. The lowest BCUT2D eigenvalue weighted by Crippen LogP contribution is -2.50. The van der Waals surface area contributed by atoms with Crippen LogP contribution >= 0.6 is 15.9 Å². The van der Waals surface area contributed by atoms with Crippen molar-refractivity contribution < 1.29 is 22.4 Å². The molecule has 0 aliphatic carbocycles. The van der Waals surface area contributed by atoms with Gasteiger partial charge in [-0.15, -0.1) is 0 Å². The van der Waals surface area contributed by atoms with Gasteiger partial charge in [-0.2, -0.15) is 12.7 Å². The summed E-state index contributed by atoms with van der Waals surface area (Å²) in [5, 5.41) is 0.495. The van der Waals surface area contributed by atoms with E-state index in [1.807, 2.05) is 4.72 Å². The van der Waals surface area contributed by atoms with Gasteiger partial charge in [0.1, 0.15) is 16.3 Å². The van der Waals surface area contributed by atoms with Crippen LogP contribution < -0.4 is 4.72 Å². The van der Waals surface area contributed by atoms with Crippen molar-refractivity contribution in [2.24, 2.45) is 0 Å². The van der Waals surface area contributed by atoms with Gasteiger partial charge in [0.2, 0.25) is 0 Å². The standard InChI is InChI=1S/C13H13BrN2O5S/c1-13(14,8-17)16(2)22(19,20)15-12(18)10-7-21-11-6-4-3-5-9(10)11/h3-8H,1-2H3,(H,15,18). The van der Waals surface area contributed by atoms with Gasteiger partial charge >= 0.3 is 10.2 Å². The Morgan fingerprint density at radius 3 is 2.68 bits per heavy atom. The fourth-order valence-corrected chi connectivity index (χ4v) is 3.27. The molecule has 7 nitrogen and oxygen atoms in total. The molecule has 0 fully saturated rings. The molecule has 0 aliphatic rings. The van der Waals surface area contributed by atoms with Crippen LogP contribution in [-0.4, -0.2) is 36.4 Å². The molecule has 0 bridgehead atoms. The molecule has 1 aromatic heterocycles. The summed E-state index contributed by atoms with van der Waals surface area (Å²) in [4.78, 5) is 23.1. The molecule has 1 atom stereocenters. The first-order valence-electron chi connectivity index (χ1n) is 6.11. The highest BCUT2D eigenvalue weighted by molar-refractivity contribution is 9.10. The average molecular weight is 389 g/mol. The van der Waals surface area contributed by atoms with E-state index >= 15 is 0 Å². The lowest BCUT2D eigenvalue weighted by molar-refractivity contribution is -0.111. The average Bonchev–Trinajstić information content (AvgIpc) is 2.90. The van der Waals surface area contributed by atoms with Crippen molar-refractivity contribution in [1.29, 1.82) is 0 Å². The minimum Gasteiger partial charge on any atom is -0.463 e. The Labute approximate surface area is 135 Å². The second kappa shape index (κ2) is 5.82. The third-order valence-corrected chi connectivity index (χ3v) is 5.64. The predicted octanol–water partition coefficient (Wildman–Crippen LogP) is 1.65. The van der Waals surface area contributed by atoms with Crippen molar-refractivity contribution in [1.82, 2.24) is 9.03 Å². The van der Waals surface area contributed by atoms with E-state index in [4.69, 9.17) is 4.42 Å². The zero-order valence-electron chi connectivity index (χ0n) is 11.7. The van der Waals surface area contributed by atoms with Crippen LogP contribution in [0.5, 0.6) is 0 Å². The molecule has 1 heterocycles. The molecule has 9 heteroatoms. The summed E-state index contributed by atoms with van der Waals surface area (Å²) >= 11 is 2.97. The molecular weight excluding hydrogens is 376 g/mol. The topological polar surface area (TPSA) is 96.7 Å². The number of amides is 1. The molecule has 0 aliphatic heterocycles. The molecule has 0 radical (unpaired) electrons. The summed E-state index contributed by atoms with van der Waals surface area (Å²) in [6, 6.07) is 6.74. The van der Waals surface area contributed by atoms with Crippen molar-refractivity contribution in [3.8, 4) is 0 Å². The van der Waals surface area contributed by atoms with Crippen LogP contribution in [0, 0.1) is 0 Å². The number of benzene rings is 1. The molecule has 1 N–H and O–H groups in total. The maximum atomic E-state index is 12.2. The van der Waals surface area contributed by atoms with Crippen molar-refractivity contribution in [3.63, 3.8) is 0 Å². The summed E-state index contributed by atoms with van der Waals surface area (Å²) in [5.41, 5.74) is 0.562. The van der Waals surface area contributed by atoms with Gasteiger partial charge in [0.15, 0.2) is 6.29 Å². The number of hydrogen-bond acceptors (Lipinski definition) is 5. The fourth-order valence-electron chi connectivity index (χ4n) is 1.70. The van der Waals surface area contributed by atoms with E-state index in [0.29, 0.717) is 21.6 Å². The van der Waals surface area contributed by atoms with Gasteiger partial charge in [-0.05, 0) is 13.0 Å². The highest BCUT2D eigenvalue weighted by Gasteiger charge is 2.36. The molecule has 1 unspecified atom stereocenters. The number of carbonyl (C=O) groups excluding carboxylic acids is 2. The zero-order valence-corrected chi connectivity index (χ0v) is 14.1. The third kappa shape index (κ3) is 3.06. The Bertz CT molecular complexity index is 828. The smallest absolute Gasteiger partial charge is 0.305 e. The quantitative estimate of drug-likeness (QED) is 0.477. The summed E-state index contributed by atoms with van der Waals surface area (Å²) in [6.45, 7) is 1.34. The van der Waals surface area contributed by atoms with Crippen LogP contribution in [0.25, 0.3) is 11.0 Å². The predicted molar refractivity (Wildman–Crippen MR) is 83.8 cm³/mol. The molecule has 2 rings (SSSR count). The minimum atomic E-state index is -4.21. The highest BCUT2D eigenvalue weighted by Crippen LogP contribution is 2.23. The number of nitrogens with zero attached hydrogens (tertiary/aromatic N) is 1. The molecule has 2 aromatic rings. The molecule has 0 saturated heterocycles. The number of hydrogen-bond donors (Lipinski definition) is 1. The largest absolute Gasteiger partial charge is 0.463 e. The molecular formula is C13H13BrN2O5S. The number of likely N-dealkylation sites (N-methyl/N-ethyl adjacent to an activating group) is 1. The number of fused-ring (bicyclic) bond motifs is 1. The van der Waals surface area contributed by atoms with Crippen molar-refractivity contribution in [2.45, 2.75) is 11.4 Å². The van der Waals surface area contributed by atoms with Gasteiger partial charge in [0.05, 0.1) is 5.56 Å². The Morgan fingerprint density at radius 2 is 2.05 bits per heavy atom. The first-order valence-corrected chi connectivity index (χ1v) is 8.35. The van der Waals surface area contributed by atoms with Gasteiger partial charge in [0.25, 0.3) is 5.91 Å². The van der Waals surface area contributed by atoms with Crippen LogP contribution in [0.1, 0.15) is 17.3 Å². The van der Waals surface area contributed by atoms with E-state index in [-0.39, 0.29) is 5.56 Å². The second-order valence-electron chi connectivity index (χ2n) is 4.69. The molecule has 0 saturated carbocycles. The van der Waals surface area contributed by atoms with Gasteiger partial charge in [-0.3, -0.25) is 4.79 Å². The summed E-state index contributed by atoms with van der Waals surface area (Å²) < 4.78 is 30.7. The van der Waals surface area contributed by atoms with Gasteiger partial charge in [0, 0.05) is 12.4 Å². The number of halogens is 1. The lowest BCUT2D eigenvalue weighted by Gasteiger charge is -2.27. The van der Waals surface area contributed by atoms with E-state index < -0.39 is 20.6 Å². The van der Waals surface area contributed by atoms with E-state index in [1.165, 1.54) is 20.2 Å². The number of alkyl halides is 1. The number of furan rings is 1. The van der Waals surface area contributed by atoms with E-state index in [9.17, 15) is 18.0 Å². The highest BCUT2D eigenvalue weighted by atomic mass is 79.9. The number of para-hydroxylation sites is 1. The first-order chi connectivity index (χ1) is 10.2. The Balaban J connectivity index is 2.30. The van der Waals surface area contributed by atoms with E-state index in [1.54, 1.807) is 24.3 Å². The lowest BCUT2D eigenvalue weighted by atomic mass is 10.2. The van der Waals surface area contributed by atoms with Crippen molar-refractivity contribution in [3.05, 3.63) is 36.1 Å². The van der Waals surface area contributed by atoms with Crippen molar-refractivity contribution >= 4 is 49.3 Å². The molecule has 1 amide bonds. The Morgan fingerprint density at radius 1 is 1.41 bits per heavy atom.